The summed E-state index contributed by atoms with van der Waals surface area (Å²) in [5.41, 5.74) is 1.10. The number of para-hydroxylation sites is 1. The molecule has 3 rings (SSSR count). The zero-order chi connectivity index (χ0) is 13.1. The number of amides is 1. The lowest BCUT2D eigenvalue weighted by Gasteiger charge is -2.25. The first-order valence-corrected chi connectivity index (χ1v) is 6.46. The molecule has 0 radical (unpaired) electrons. The van der Waals surface area contributed by atoms with E-state index in [0.29, 0.717) is 5.82 Å². The maximum Gasteiger partial charge on any atom is 0.248 e. The average molecular weight is 256 g/mol. The maximum absolute atomic E-state index is 12.3. The molecule has 5 heteroatoms. The van der Waals surface area contributed by atoms with E-state index in [1.165, 1.54) is 0 Å². The van der Waals surface area contributed by atoms with Gasteiger partial charge in [0.15, 0.2) is 0 Å². The summed E-state index contributed by atoms with van der Waals surface area (Å²) in [6.45, 7) is 0.922. The Balaban J connectivity index is 1.74. The van der Waals surface area contributed by atoms with Gasteiger partial charge in [-0.3, -0.25) is 9.89 Å². The molecule has 0 spiro atoms. The van der Waals surface area contributed by atoms with Crippen molar-refractivity contribution in [1.82, 2.24) is 10.2 Å². The number of carbonyl (C=O) groups excluding carboxylic acids is 1. The molecule has 98 valence electrons. The molecule has 1 aliphatic heterocycles. The number of hydrogen-bond donors (Lipinski definition) is 2. The number of carbonyl (C=O) groups is 1. The van der Waals surface area contributed by atoms with Crippen molar-refractivity contribution in [2.75, 3.05) is 16.8 Å². The Hall–Kier alpha value is -2.30. The van der Waals surface area contributed by atoms with Gasteiger partial charge in [0.25, 0.3) is 0 Å². The second-order valence-electron chi connectivity index (χ2n) is 4.65. The molecular weight excluding hydrogens is 240 g/mol. The van der Waals surface area contributed by atoms with E-state index in [-0.39, 0.29) is 11.9 Å². The first-order valence-electron chi connectivity index (χ1n) is 6.46. The predicted octanol–water partition coefficient (Wildman–Crippen LogP) is 2.02. The Morgan fingerprint density at radius 2 is 2.16 bits per heavy atom. The monoisotopic (exact) mass is 256 g/mol. The number of aromatic amines is 1. The summed E-state index contributed by atoms with van der Waals surface area (Å²) < 4.78 is 0. The fourth-order valence-corrected chi connectivity index (χ4v) is 2.51. The number of nitrogens with zero attached hydrogens (tertiary/aromatic N) is 2. The number of rotatable bonds is 3. The quantitative estimate of drug-likeness (QED) is 0.883. The Bertz CT molecular complexity index is 538. The van der Waals surface area contributed by atoms with Crippen molar-refractivity contribution in [3.63, 3.8) is 0 Å². The van der Waals surface area contributed by atoms with Gasteiger partial charge in [0, 0.05) is 18.3 Å². The fraction of sp³-hybridized carbons (Fsp3) is 0.286. The molecule has 0 aliphatic carbocycles. The van der Waals surface area contributed by atoms with Crippen LogP contribution in [0.4, 0.5) is 11.5 Å². The Morgan fingerprint density at radius 1 is 1.32 bits per heavy atom. The fourth-order valence-electron chi connectivity index (χ4n) is 2.51. The summed E-state index contributed by atoms with van der Waals surface area (Å²) in [6, 6.07) is 11.7. The molecule has 1 aliphatic rings. The summed E-state index contributed by atoms with van der Waals surface area (Å²) in [5, 5.41) is 9.44. The highest BCUT2D eigenvalue weighted by atomic mass is 16.2. The number of aromatic nitrogens is 2. The lowest BCUT2D eigenvalue weighted by atomic mass is 10.2. The van der Waals surface area contributed by atoms with Gasteiger partial charge in [-0.05, 0) is 25.0 Å². The van der Waals surface area contributed by atoms with E-state index in [2.05, 4.69) is 20.4 Å². The molecule has 2 N–H and O–H groups in total. The van der Waals surface area contributed by atoms with Crippen molar-refractivity contribution in [2.45, 2.75) is 18.9 Å². The van der Waals surface area contributed by atoms with Gasteiger partial charge in [-0.2, -0.15) is 5.10 Å². The van der Waals surface area contributed by atoms with Crippen LogP contribution >= 0.6 is 0 Å². The third-order valence-corrected chi connectivity index (χ3v) is 3.40. The van der Waals surface area contributed by atoms with Crippen LogP contribution < -0.4 is 10.2 Å². The number of hydrogen-bond acceptors (Lipinski definition) is 3. The van der Waals surface area contributed by atoms with E-state index in [1.807, 2.05) is 30.3 Å². The standard InChI is InChI=1S/C14H16N4O/c19-14(16-13-8-9-15-17-13)12-7-4-10-18(12)11-5-2-1-3-6-11/h1-3,5-6,8-9,12H,4,7,10H2,(H2,15,16,17,19). The average Bonchev–Trinajstić information content (AvgIpc) is 3.10. The van der Waals surface area contributed by atoms with Crippen molar-refractivity contribution >= 4 is 17.4 Å². The molecule has 1 aromatic heterocycles. The molecule has 0 bridgehead atoms. The molecule has 1 amide bonds. The minimum atomic E-state index is -0.106. The lowest BCUT2D eigenvalue weighted by molar-refractivity contribution is -0.117. The van der Waals surface area contributed by atoms with Crippen molar-refractivity contribution in [3.8, 4) is 0 Å². The molecular formula is C14H16N4O. The van der Waals surface area contributed by atoms with Crippen LogP contribution in [0.5, 0.6) is 0 Å². The van der Waals surface area contributed by atoms with E-state index < -0.39 is 0 Å². The molecule has 1 atom stereocenters. The molecule has 19 heavy (non-hydrogen) atoms. The van der Waals surface area contributed by atoms with E-state index in [4.69, 9.17) is 0 Å². The first-order chi connectivity index (χ1) is 9.34. The van der Waals surface area contributed by atoms with Crippen molar-refractivity contribution in [3.05, 3.63) is 42.6 Å². The van der Waals surface area contributed by atoms with Gasteiger partial charge in [-0.15, -0.1) is 0 Å². The molecule has 2 heterocycles. The third kappa shape index (κ3) is 2.45. The zero-order valence-electron chi connectivity index (χ0n) is 10.5. The van der Waals surface area contributed by atoms with Gasteiger partial charge >= 0.3 is 0 Å². The minimum absolute atomic E-state index is 0.0191. The highest BCUT2D eigenvalue weighted by molar-refractivity contribution is 5.96. The number of H-pyrrole nitrogens is 1. The predicted molar refractivity (Wildman–Crippen MR) is 74.0 cm³/mol. The number of anilines is 2. The smallest absolute Gasteiger partial charge is 0.248 e. The van der Waals surface area contributed by atoms with Crippen LogP contribution in [0.1, 0.15) is 12.8 Å². The molecule has 1 unspecified atom stereocenters. The van der Waals surface area contributed by atoms with Crippen LogP contribution in [0.3, 0.4) is 0 Å². The summed E-state index contributed by atoms with van der Waals surface area (Å²) >= 11 is 0. The molecule has 1 fully saturated rings. The Kier molecular flexibility index (Phi) is 3.18. The molecule has 0 saturated carbocycles. The van der Waals surface area contributed by atoms with Gasteiger partial charge in [0.05, 0.1) is 6.20 Å². The van der Waals surface area contributed by atoms with Crippen LogP contribution in [0.2, 0.25) is 0 Å². The van der Waals surface area contributed by atoms with Gasteiger partial charge < -0.3 is 10.2 Å². The van der Waals surface area contributed by atoms with Crippen molar-refractivity contribution in [2.24, 2.45) is 0 Å². The normalized spacial score (nSPS) is 18.5. The van der Waals surface area contributed by atoms with E-state index >= 15 is 0 Å². The molecule has 5 nitrogen and oxygen atoms in total. The van der Waals surface area contributed by atoms with E-state index in [1.54, 1.807) is 12.3 Å². The third-order valence-electron chi connectivity index (χ3n) is 3.40. The molecule has 1 saturated heterocycles. The summed E-state index contributed by atoms with van der Waals surface area (Å²) in [4.78, 5) is 14.5. The van der Waals surface area contributed by atoms with E-state index in [9.17, 15) is 4.79 Å². The Morgan fingerprint density at radius 3 is 2.89 bits per heavy atom. The van der Waals surface area contributed by atoms with E-state index in [0.717, 1.165) is 25.1 Å². The number of nitrogens with one attached hydrogen (secondary N) is 2. The first kappa shape index (κ1) is 11.8. The second-order valence-corrected chi connectivity index (χ2v) is 4.65. The van der Waals surface area contributed by atoms with Gasteiger partial charge in [0.2, 0.25) is 5.91 Å². The molecule has 2 aromatic rings. The Labute approximate surface area is 111 Å². The van der Waals surface area contributed by atoms with Gasteiger partial charge in [-0.1, -0.05) is 18.2 Å². The van der Waals surface area contributed by atoms with Crippen LogP contribution in [-0.2, 0) is 4.79 Å². The van der Waals surface area contributed by atoms with Crippen LogP contribution in [0.25, 0.3) is 0 Å². The van der Waals surface area contributed by atoms with Crippen LogP contribution in [-0.4, -0.2) is 28.7 Å². The largest absolute Gasteiger partial charge is 0.360 e. The van der Waals surface area contributed by atoms with Crippen molar-refractivity contribution < 1.29 is 4.79 Å². The number of benzene rings is 1. The summed E-state index contributed by atoms with van der Waals surface area (Å²) in [6.07, 6.45) is 3.55. The second kappa shape index (κ2) is 5.14. The summed E-state index contributed by atoms with van der Waals surface area (Å²) in [7, 11) is 0. The van der Waals surface area contributed by atoms with Crippen LogP contribution in [0.15, 0.2) is 42.6 Å². The van der Waals surface area contributed by atoms with Crippen LogP contribution in [0, 0.1) is 0 Å². The summed E-state index contributed by atoms with van der Waals surface area (Å²) in [5.74, 6) is 0.663. The topological polar surface area (TPSA) is 61.0 Å². The lowest BCUT2D eigenvalue weighted by Crippen LogP contribution is -2.39. The SMILES string of the molecule is O=C(Nc1ccn[nH]1)C1CCCN1c1ccccc1. The molecule has 1 aromatic carbocycles. The van der Waals surface area contributed by atoms with Gasteiger partial charge in [-0.25, -0.2) is 0 Å². The highest BCUT2D eigenvalue weighted by Gasteiger charge is 2.30. The van der Waals surface area contributed by atoms with Gasteiger partial charge in [0.1, 0.15) is 11.9 Å². The zero-order valence-corrected chi connectivity index (χ0v) is 10.5. The maximum atomic E-state index is 12.3. The minimum Gasteiger partial charge on any atom is -0.360 e. The van der Waals surface area contributed by atoms with Crippen molar-refractivity contribution in [1.29, 1.82) is 0 Å². The highest BCUT2D eigenvalue weighted by Crippen LogP contribution is 2.25.